The zero-order chi connectivity index (χ0) is 13.5. The summed E-state index contributed by atoms with van der Waals surface area (Å²) in [4.78, 5) is 0. The Morgan fingerprint density at radius 3 is 1.89 bits per heavy atom. The summed E-state index contributed by atoms with van der Waals surface area (Å²) in [6.07, 6.45) is 0. The molecule has 0 aliphatic carbocycles. The van der Waals surface area contributed by atoms with E-state index in [1.54, 1.807) is 24.3 Å². The van der Waals surface area contributed by atoms with Gasteiger partial charge in [-0.15, -0.1) is 0 Å². The van der Waals surface area contributed by atoms with Gasteiger partial charge in [-0.3, -0.25) is 5.41 Å². The quantitative estimate of drug-likeness (QED) is 0.474. The van der Waals surface area contributed by atoms with Crippen LogP contribution in [-0.2, 0) is 0 Å². The van der Waals surface area contributed by atoms with Gasteiger partial charge in [0.2, 0.25) is 0 Å². The predicted octanol–water partition coefficient (Wildman–Crippen LogP) is 2.43. The van der Waals surface area contributed by atoms with Crippen molar-refractivity contribution in [1.29, 1.82) is 5.41 Å². The van der Waals surface area contributed by atoms with Crippen molar-refractivity contribution in [3.63, 3.8) is 0 Å². The molecule has 0 bridgehead atoms. The predicted molar refractivity (Wildman–Crippen MR) is 74.9 cm³/mol. The van der Waals surface area contributed by atoms with Gasteiger partial charge in [0.05, 0.1) is 0 Å². The fourth-order valence-electron chi connectivity index (χ4n) is 1.57. The summed E-state index contributed by atoms with van der Waals surface area (Å²) < 4.78 is 11.0. The monoisotopic (exact) mass is 256 g/mol. The van der Waals surface area contributed by atoms with E-state index in [4.69, 9.17) is 20.6 Å². The van der Waals surface area contributed by atoms with Crippen molar-refractivity contribution in [2.45, 2.75) is 0 Å². The molecule has 0 aliphatic heterocycles. The van der Waals surface area contributed by atoms with Gasteiger partial charge in [0, 0.05) is 5.56 Å². The largest absolute Gasteiger partial charge is 0.490 e. The molecule has 4 nitrogen and oxygen atoms in total. The maximum atomic E-state index is 7.29. The third kappa shape index (κ3) is 4.03. The van der Waals surface area contributed by atoms with E-state index < -0.39 is 0 Å². The maximum absolute atomic E-state index is 7.29. The molecule has 0 aliphatic rings. The molecule has 0 amide bonds. The summed E-state index contributed by atoms with van der Waals surface area (Å²) in [5, 5.41) is 7.29. The van der Waals surface area contributed by atoms with Crippen LogP contribution in [0.1, 0.15) is 5.56 Å². The molecule has 0 saturated carbocycles. The molecule has 0 spiro atoms. The highest BCUT2D eigenvalue weighted by Gasteiger charge is 1.98. The average molecular weight is 256 g/mol. The van der Waals surface area contributed by atoms with Crippen LogP contribution in [0.5, 0.6) is 11.5 Å². The van der Waals surface area contributed by atoms with Crippen LogP contribution in [0.2, 0.25) is 0 Å². The summed E-state index contributed by atoms with van der Waals surface area (Å²) >= 11 is 0. The van der Waals surface area contributed by atoms with Crippen molar-refractivity contribution >= 4 is 5.84 Å². The van der Waals surface area contributed by atoms with Crippen LogP contribution in [0.3, 0.4) is 0 Å². The summed E-state index contributed by atoms with van der Waals surface area (Å²) in [6, 6.07) is 16.7. The van der Waals surface area contributed by atoms with Crippen LogP contribution >= 0.6 is 0 Å². The van der Waals surface area contributed by atoms with Gasteiger partial charge in [-0.2, -0.15) is 0 Å². The van der Waals surface area contributed by atoms with Crippen molar-refractivity contribution in [3.8, 4) is 11.5 Å². The minimum absolute atomic E-state index is 0.0546. The Morgan fingerprint density at radius 2 is 1.37 bits per heavy atom. The molecule has 2 aromatic rings. The van der Waals surface area contributed by atoms with Crippen molar-refractivity contribution in [3.05, 3.63) is 60.2 Å². The zero-order valence-corrected chi connectivity index (χ0v) is 10.5. The number of para-hydroxylation sites is 1. The van der Waals surface area contributed by atoms with E-state index in [-0.39, 0.29) is 5.84 Å². The third-order valence-electron chi connectivity index (χ3n) is 2.53. The highest BCUT2D eigenvalue weighted by Crippen LogP contribution is 2.12. The third-order valence-corrected chi connectivity index (χ3v) is 2.53. The Kier molecular flexibility index (Phi) is 4.39. The second-order valence-electron chi connectivity index (χ2n) is 3.95. The van der Waals surface area contributed by atoms with Crippen LogP contribution < -0.4 is 15.2 Å². The number of nitrogens with one attached hydrogen (secondary N) is 1. The Bertz CT molecular complexity index is 524. The summed E-state index contributed by atoms with van der Waals surface area (Å²) in [5.74, 6) is 1.62. The minimum atomic E-state index is 0.0546. The van der Waals surface area contributed by atoms with E-state index >= 15 is 0 Å². The van der Waals surface area contributed by atoms with Gasteiger partial charge in [-0.05, 0) is 36.4 Å². The number of amidine groups is 1. The number of hydrogen-bond donors (Lipinski definition) is 2. The number of benzene rings is 2. The molecular formula is C15H16N2O2. The molecular weight excluding hydrogens is 240 g/mol. The first-order valence-electron chi connectivity index (χ1n) is 6.01. The Morgan fingerprint density at radius 1 is 0.842 bits per heavy atom. The second-order valence-corrected chi connectivity index (χ2v) is 3.95. The number of nitrogens with two attached hydrogens (primary N) is 1. The van der Waals surface area contributed by atoms with E-state index in [0.29, 0.717) is 18.8 Å². The molecule has 0 aromatic heterocycles. The van der Waals surface area contributed by atoms with Crippen molar-refractivity contribution < 1.29 is 9.47 Å². The Labute approximate surface area is 112 Å². The first-order chi connectivity index (χ1) is 9.25. The number of hydrogen-bond acceptors (Lipinski definition) is 3. The van der Waals surface area contributed by atoms with Crippen LogP contribution in [0, 0.1) is 5.41 Å². The normalized spacial score (nSPS) is 9.89. The molecule has 3 N–H and O–H groups in total. The number of rotatable bonds is 6. The van der Waals surface area contributed by atoms with Crippen molar-refractivity contribution in [2.24, 2.45) is 5.73 Å². The maximum Gasteiger partial charge on any atom is 0.122 e. The van der Waals surface area contributed by atoms with E-state index in [1.807, 2.05) is 30.3 Å². The van der Waals surface area contributed by atoms with E-state index in [9.17, 15) is 0 Å². The zero-order valence-electron chi connectivity index (χ0n) is 10.5. The highest BCUT2D eigenvalue weighted by molar-refractivity contribution is 5.94. The Balaban J connectivity index is 1.75. The van der Waals surface area contributed by atoms with Crippen LogP contribution in [-0.4, -0.2) is 19.0 Å². The molecule has 0 radical (unpaired) electrons. The van der Waals surface area contributed by atoms with Crippen LogP contribution in [0.25, 0.3) is 0 Å². The van der Waals surface area contributed by atoms with Gasteiger partial charge < -0.3 is 15.2 Å². The van der Waals surface area contributed by atoms with E-state index in [2.05, 4.69) is 0 Å². The number of ether oxygens (including phenoxy) is 2. The fourth-order valence-corrected chi connectivity index (χ4v) is 1.57. The van der Waals surface area contributed by atoms with Gasteiger partial charge in [0.15, 0.2) is 0 Å². The lowest BCUT2D eigenvalue weighted by molar-refractivity contribution is 0.217. The summed E-state index contributed by atoms with van der Waals surface area (Å²) in [6.45, 7) is 0.951. The van der Waals surface area contributed by atoms with Gasteiger partial charge in [0.25, 0.3) is 0 Å². The minimum Gasteiger partial charge on any atom is -0.490 e. The summed E-state index contributed by atoms with van der Waals surface area (Å²) in [7, 11) is 0. The van der Waals surface area contributed by atoms with Gasteiger partial charge in [0.1, 0.15) is 30.5 Å². The molecule has 0 unspecified atom stereocenters. The molecule has 0 heterocycles. The molecule has 2 rings (SSSR count). The molecule has 0 fully saturated rings. The topological polar surface area (TPSA) is 68.3 Å². The van der Waals surface area contributed by atoms with E-state index in [1.165, 1.54) is 0 Å². The molecule has 0 saturated heterocycles. The lowest BCUT2D eigenvalue weighted by Gasteiger charge is -2.08. The highest BCUT2D eigenvalue weighted by atomic mass is 16.5. The van der Waals surface area contributed by atoms with Gasteiger partial charge in [-0.1, -0.05) is 18.2 Å². The number of nitrogen functional groups attached to an aromatic ring is 1. The van der Waals surface area contributed by atoms with Gasteiger partial charge in [-0.25, -0.2) is 0 Å². The molecule has 98 valence electrons. The van der Waals surface area contributed by atoms with Crippen LogP contribution in [0.4, 0.5) is 0 Å². The lowest BCUT2D eigenvalue weighted by Crippen LogP contribution is -2.11. The summed E-state index contributed by atoms with van der Waals surface area (Å²) in [5.41, 5.74) is 6.06. The van der Waals surface area contributed by atoms with E-state index in [0.717, 1.165) is 11.5 Å². The standard InChI is InChI=1S/C15H16N2O2/c16-15(17)12-6-8-14(9-7-12)19-11-10-18-13-4-2-1-3-5-13/h1-9H,10-11H2,(H3,16,17). The second kappa shape index (κ2) is 6.44. The van der Waals surface area contributed by atoms with Crippen LogP contribution in [0.15, 0.2) is 54.6 Å². The van der Waals surface area contributed by atoms with Gasteiger partial charge >= 0.3 is 0 Å². The molecule has 4 heteroatoms. The fraction of sp³-hybridized carbons (Fsp3) is 0.133. The first-order valence-corrected chi connectivity index (χ1v) is 6.01. The lowest BCUT2D eigenvalue weighted by atomic mass is 10.2. The average Bonchev–Trinajstić information content (AvgIpc) is 2.45. The first kappa shape index (κ1) is 13.0. The SMILES string of the molecule is N=C(N)c1ccc(OCCOc2ccccc2)cc1. The van der Waals surface area contributed by atoms with Crippen molar-refractivity contribution in [1.82, 2.24) is 0 Å². The van der Waals surface area contributed by atoms with Crippen molar-refractivity contribution in [2.75, 3.05) is 13.2 Å². The molecule has 0 atom stereocenters. The smallest absolute Gasteiger partial charge is 0.122 e. The Hall–Kier alpha value is -2.49. The molecule has 19 heavy (non-hydrogen) atoms. The molecule has 2 aromatic carbocycles.